The maximum atomic E-state index is 12.7. The summed E-state index contributed by atoms with van der Waals surface area (Å²) in [6, 6.07) is 7.15. The minimum atomic E-state index is -0.317. The van der Waals surface area contributed by atoms with Crippen molar-refractivity contribution < 1.29 is 19.1 Å². The second-order valence-electron chi connectivity index (χ2n) is 6.40. The number of carbonyl (C=O) groups excluding carboxylic acids is 2. The van der Waals surface area contributed by atoms with E-state index < -0.39 is 0 Å². The van der Waals surface area contributed by atoms with Crippen molar-refractivity contribution in [3.05, 3.63) is 52.9 Å². The van der Waals surface area contributed by atoms with Crippen LogP contribution in [-0.2, 0) is 17.6 Å². The van der Waals surface area contributed by atoms with Crippen LogP contribution in [0.4, 0.5) is 5.00 Å². The lowest BCUT2D eigenvalue weighted by Gasteiger charge is -2.13. The molecule has 6 nitrogen and oxygen atoms in total. The Balaban J connectivity index is 1.73. The van der Waals surface area contributed by atoms with Gasteiger partial charge in [0.1, 0.15) is 5.00 Å². The summed E-state index contributed by atoms with van der Waals surface area (Å²) in [6.45, 7) is 3.84. The number of benzene rings is 1. The highest BCUT2D eigenvalue weighted by Crippen LogP contribution is 2.38. The maximum Gasteiger partial charge on any atom is 0.262 e. The molecule has 7 heteroatoms. The van der Waals surface area contributed by atoms with Crippen LogP contribution in [0.1, 0.15) is 33.6 Å². The molecule has 1 heterocycles. The first-order valence-corrected chi connectivity index (χ1v) is 10.0. The zero-order valence-electron chi connectivity index (χ0n) is 15.9. The van der Waals surface area contributed by atoms with Gasteiger partial charge in [0, 0.05) is 11.4 Å². The summed E-state index contributed by atoms with van der Waals surface area (Å²) in [7, 11) is 1.55. The topological polar surface area (TPSA) is 76.7 Å². The third-order valence-corrected chi connectivity index (χ3v) is 5.69. The minimum Gasteiger partial charge on any atom is -0.493 e. The third kappa shape index (κ3) is 4.54. The first kappa shape index (κ1) is 19.9. The van der Waals surface area contributed by atoms with E-state index in [1.807, 2.05) is 12.1 Å². The first-order valence-electron chi connectivity index (χ1n) is 9.23. The summed E-state index contributed by atoms with van der Waals surface area (Å²) in [5, 5.41) is 6.27. The average molecular weight is 401 g/mol. The number of carbonyl (C=O) groups is 2. The van der Waals surface area contributed by atoms with Gasteiger partial charge in [0.2, 0.25) is 0 Å². The van der Waals surface area contributed by atoms with Gasteiger partial charge in [-0.15, -0.1) is 17.9 Å². The number of fused-ring (bicyclic) bond motifs is 1. The molecule has 3 rings (SSSR count). The molecule has 1 aromatic carbocycles. The van der Waals surface area contributed by atoms with Gasteiger partial charge in [-0.2, -0.15) is 0 Å². The van der Waals surface area contributed by atoms with Crippen molar-refractivity contribution in [2.45, 2.75) is 25.7 Å². The predicted octanol–water partition coefficient (Wildman–Crippen LogP) is 3.57. The van der Waals surface area contributed by atoms with Crippen LogP contribution in [0.25, 0.3) is 0 Å². The van der Waals surface area contributed by atoms with Crippen molar-refractivity contribution in [2.24, 2.45) is 0 Å². The van der Waals surface area contributed by atoms with Crippen molar-refractivity contribution in [3.63, 3.8) is 0 Å². The molecule has 0 radical (unpaired) electrons. The van der Waals surface area contributed by atoms with E-state index in [0.717, 1.165) is 31.2 Å². The summed E-state index contributed by atoms with van der Waals surface area (Å²) >= 11 is 1.48. The van der Waals surface area contributed by atoms with Crippen LogP contribution in [0.15, 0.2) is 36.9 Å². The Bertz CT molecular complexity index is 875. The van der Waals surface area contributed by atoms with Gasteiger partial charge < -0.3 is 20.1 Å². The molecule has 148 valence electrons. The normalized spacial score (nSPS) is 12.6. The molecule has 1 aromatic heterocycles. The summed E-state index contributed by atoms with van der Waals surface area (Å²) in [4.78, 5) is 26.3. The molecule has 0 saturated carbocycles. The van der Waals surface area contributed by atoms with Crippen molar-refractivity contribution in [1.29, 1.82) is 0 Å². The second-order valence-corrected chi connectivity index (χ2v) is 7.51. The molecule has 1 aliphatic carbocycles. The molecule has 0 bridgehead atoms. The first-order chi connectivity index (χ1) is 13.6. The monoisotopic (exact) mass is 400 g/mol. The summed E-state index contributed by atoms with van der Waals surface area (Å²) in [6.07, 6.45) is 5.59. The molecule has 0 aliphatic heterocycles. The number of ether oxygens (including phenoxy) is 2. The third-order valence-electron chi connectivity index (χ3n) is 4.49. The number of hydrogen-bond acceptors (Lipinski definition) is 5. The molecule has 2 aromatic rings. The Labute approximate surface area is 168 Å². The van der Waals surface area contributed by atoms with Gasteiger partial charge in [0.15, 0.2) is 18.1 Å². The number of rotatable bonds is 8. The van der Waals surface area contributed by atoms with Crippen LogP contribution >= 0.6 is 11.3 Å². The summed E-state index contributed by atoms with van der Waals surface area (Å²) in [5.74, 6) is 0.559. The van der Waals surface area contributed by atoms with Gasteiger partial charge in [-0.05, 0) is 43.4 Å². The average Bonchev–Trinajstić information content (AvgIpc) is 3.08. The molecule has 2 amide bonds. The zero-order valence-corrected chi connectivity index (χ0v) is 16.7. The van der Waals surface area contributed by atoms with Gasteiger partial charge in [-0.1, -0.05) is 18.2 Å². The van der Waals surface area contributed by atoms with E-state index in [2.05, 4.69) is 17.2 Å². The molecule has 28 heavy (non-hydrogen) atoms. The molecular weight excluding hydrogens is 376 g/mol. The highest BCUT2D eigenvalue weighted by molar-refractivity contribution is 7.17. The number of aryl methyl sites for hydroxylation is 1. The number of hydrogen-bond donors (Lipinski definition) is 2. The zero-order chi connectivity index (χ0) is 19.9. The summed E-state index contributed by atoms with van der Waals surface area (Å²) in [5.41, 5.74) is 1.63. The van der Waals surface area contributed by atoms with E-state index in [1.165, 1.54) is 16.2 Å². The maximum absolute atomic E-state index is 12.7. The molecule has 0 fully saturated rings. The lowest BCUT2D eigenvalue weighted by Crippen LogP contribution is -2.27. The minimum absolute atomic E-state index is 0.170. The Morgan fingerprint density at radius 2 is 1.96 bits per heavy atom. The highest BCUT2D eigenvalue weighted by atomic mass is 32.1. The van der Waals surface area contributed by atoms with Crippen LogP contribution < -0.4 is 20.1 Å². The number of amides is 2. The number of methoxy groups -OCH3 is 1. The Morgan fingerprint density at radius 3 is 2.71 bits per heavy atom. The molecule has 0 atom stereocenters. The van der Waals surface area contributed by atoms with E-state index in [1.54, 1.807) is 25.3 Å². The van der Waals surface area contributed by atoms with E-state index in [4.69, 9.17) is 9.47 Å². The van der Waals surface area contributed by atoms with E-state index in [0.29, 0.717) is 28.6 Å². The van der Waals surface area contributed by atoms with E-state index in [-0.39, 0.29) is 18.4 Å². The Morgan fingerprint density at radius 1 is 1.21 bits per heavy atom. The van der Waals surface area contributed by atoms with Gasteiger partial charge in [0.25, 0.3) is 11.8 Å². The molecular formula is C21H24N2O4S. The molecule has 2 N–H and O–H groups in total. The summed E-state index contributed by atoms with van der Waals surface area (Å²) < 4.78 is 10.8. The van der Waals surface area contributed by atoms with Crippen molar-refractivity contribution in [1.82, 2.24) is 5.32 Å². The highest BCUT2D eigenvalue weighted by Gasteiger charge is 2.26. The van der Waals surface area contributed by atoms with Crippen molar-refractivity contribution in [3.8, 4) is 11.5 Å². The molecule has 0 unspecified atom stereocenters. The van der Waals surface area contributed by atoms with E-state index in [9.17, 15) is 9.59 Å². The SMILES string of the molecule is C=CCNC(=O)c1c(NC(=O)COc2ccccc2OC)sc2c1CCCC2. The number of thiophene rings is 1. The van der Waals surface area contributed by atoms with Gasteiger partial charge >= 0.3 is 0 Å². The van der Waals surface area contributed by atoms with Crippen LogP contribution in [0, 0.1) is 0 Å². The van der Waals surface area contributed by atoms with Crippen molar-refractivity contribution >= 4 is 28.2 Å². The van der Waals surface area contributed by atoms with E-state index >= 15 is 0 Å². The Kier molecular flexibility index (Phi) is 6.71. The molecule has 0 saturated heterocycles. The predicted molar refractivity (Wildman–Crippen MR) is 111 cm³/mol. The lowest BCUT2D eigenvalue weighted by atomic mass is 9.95. The fourth-order valence-corrected chi connectivity index (χ4v) is 4.49. The molecule has 1 aliphatic rings. The molecule has 0 spiro atoms. The standard InChI is InChI=1S/C21H24N2O4S/c1-3-12-22-20(25)19-14-8-4-7-11-17(14)28-21(19)23-18(24)13-27-16-10-6-5-9-15(16)26-2/h3,5-6,9-10H,1,4,7-8,11-13H2,2H3,(H,22,25)(H,23,24). The van der Waals surface area contributed by atoms with Gasteiger partial charge in [0.05, 0.1) is 12.7 Å². The smallest absolute Gasteiger partial charge is 0.262 e. The quantitative estimate of drug-likeness (QED) is 0.664. The fraction of sp³-hybridized carbons (Fsp3) is 0.333. The van der Waals surface area contributed by atoms with Gasteiger partial charge in [-0.3, -0.25) is 9.59 Å². The Hall–Kier alpha value is -2.80. The fourth-order valence-electron chi connectivity index (χ4n) is 3.19. The largest absolute Gasteiger partial charge is 0.493 e. The van der Waals surface area contributed by atoms with Crippen molar-refractivity contribution in [2.75, 3.05) is 25.6 Å². The second kappa shape index (κ2) is 9.41. The lowest BCUT2D eigenvalue weighted by molar-refractivity contribution is -0.118. The van der Waals surface area contributed by atoms with Crippen LogP contribution in [0.3, 0.4) is 0 Å². The van der Waals surface area contributed by atoms with Crippen LogP contribution in [0.5, 0.6) is 11.5 Å². The number of para-hydroxylation sites is 2. The van der Waals surface area contributed by atoms with Crippen LogP contribution in [0.2, 0.25) is 0 Å². The number of nitrogens with one attached hydrogen (secondary N) is 2. The number of anilines is 1. The van der Waals surface area contributed by atoms with Gasteiger partial charge in [-0.25, -0.2) is 0 Å². The van der Waals surface area contributed by atoms with Crippen LogP contribution in [-0.4, -0.2) is 32.1 Å².